The molecule has 0 aliphatic carbocycles. The third-order valence-corrected chi connectivity index (χ3v) is 2.04. The van der Waals surface area contributed by atoms with Crippen LogP contribution in [0.25, 0.3) is 0 Å². The van der Waals surface area contributed by atoms with Gasteiger partial charge in [-0.15, -0.1) is 0 Å². The molecule has 1 aromatic rings. The molecule has 2 N–H and O–H groups in total. The first kappa shape index (κ1) is 10.7. The van der Waals surface area contributed by atoms with Crippen molar-refractivity contribution < 1.29 is 9.53 Å². The summed E-state index contributed by atoms with van der Waals surface area (Å²) in [5, 5.41) is 4.08. The molecule has 1 heterocycles. The zero-order chi connectivity index (χ0) is 10.6. The lowest BCUT2D eigenvalue weighted by atomic mass is 10.2. The van der Waals surface area contributed by atoms with Gasteiger partial charge in [0.1, 0.15) is 6.04 Å². The standard InChI is InChI=1S/C9H15N3O2/c1-3-12-7(4-5-11-12)6-8(10)9(13)14-2/h4-5,8H,3,6,10H2,1-2H3. The maximum Gasteiger partial charge on any atom is 0.323 e. The van der Waals surface area contributed by atoms with Crippen LogP contribution in [0.3, 0.4) is 0 Å². The van der Waals surface area contributed by atoms with E-state index in [-0.39, 0.29) is 0 Å². The number of hydrogen-bond acceptors (Lipinski definition) is 4. The van der Waals surface area contributed by atoms with Crippen LogP contribution >= 0.6 is 0 Å². The van der Waals surface area contributed by atoms with Crippen LogP contribution in [-0.2, 0) is 22.5 Å². The Kier molecular flexibility index (Phi) is 3.64. The SMILES string of the molecule is CCn1nccc1CC(N)C(=O)OC. The number of carbonyl (C=O) groups is 1. The molecule has 78 valence electrons. The van der Waals surface area contributed by atoms with Crippen LogP contribution in [0.1, 0.15) is 12.6 Å². The van der Waals surface area contributed by atoms with E-state index in [1.807, 2.05) is 17.7 Å². The normalized spacial score (nSPS) is 12.5. The fourth-order valence-electron chi connectivity index (χ4n) is 1.28. The Labute approximate surface area is 82.8 Å². The third-order valence-electron chi connectivity index (χ3n) is 2.04. The highest BCUT2D eigenvalue weighted by Gasteiger charge is 2.15. The number of aromatic nitrogens is 2. The van der Waals surface area contributed by atoms with Crippen molar-refractivity contribution in [2.24, 2.45) is 5.73 Å². The molecule has 0 aliphatic rings. The lowest BCUT2D eigenvalue weighted by Crippen LogP contribution is -2.34. The first-order valence-electron chi connectivity index (χ1n) is 4.53. The summed E-state index contributed by atoms with van der Waals surface area (Å²) in [6.07, 6.45) is 2.16. The maximum absolute atomic E-state index is 11.1. The van der Waals surface area contributed by atoms with Gasteiger partial charge in [-0.1, -0.05) is 0 Å². The second-order valence-corrected chi connectivity index (χ2v) is 2.97. The summed E-state index contributed by atoms with van der Waals surface area (Å²) in [6.45, 7) is 2.76. The smallest absolute Gasteiger partial charge is 0.323 e. The molecule has 0 amide bonds. The molecule has 0 aromatic carbocycles. The minimum Gasteiger partial charge on any atom is -0.468 e. The van der Waals surface area contributed by atoms with Crippen molar-refractivity contribution in [3.05, 3.63) is 18.0 Å². The van der Waals surface area contributed by atoms with Crippen molar-refractivity contribution >= 4 is 5.97 Å². The number of nitrogens with zero attached hydrogens (tertiary/aromatic N) is 2. The van der Waals surface area contributed by atoms with E-state index in [0.29, 0.717) is 6.42 Å². The van der Waals surface area contributed by atoms with Crippen molar-refractivity contribution in [2.75, 3.05) is 7.11 Å². The van der Waals surface area contributed by atoms with Crippen molar-refractivity contribution in [3.63, 3.8) is 0 Å². The number of carbonyl (C=O) groups excluding carboxylic acids is 1. The summed E-state index contributed by atoms with van der Waals surface area (Å²) >= 11 is 0. The number of methoxy groups -OCH3 is 1. The molecular formula is C9H15N3O2. The molecule has 0 fully saturated rings. The topological polar surface area (TPSA) is 70.1 Å². The second kappa shape index (κ2) is 4.76. The second-order valence-electron chi connectivity index (χ2n) is 2.97. The molecule has 1 rings (SSSR count). The van der Waals surface area contributed by atoms with Crippen molar-refractivity contribution in [2.45, 2.75) is 25.9 Å². The van der Waals surface area contributed by atoms with Gasteiger partial charge in [0.25, 0.3) is 0 Å². The van der Waals surface area contributed by atoms with E-state index in [2.05, 4.69) is 9.84 Å². The average Bonchev–Trinajstić information content (AvgIpc) is 2.63. The molecule has 1 aromatic heterocycles. The first-order chi connectivity index (χ1) is 6.69. The largest absolute Gasteiger partial charge is 0.468 e. The molecule has 0 saturated carbocycles. The van der Waals surface area contributed by atoms with Crippen molar-refractivity contribution in [1.82, 2.24) is 9.78 Å². The van der Waals surface area contributed by atoms with Crippen LogP contribution in [0.4, 0.5) is 0 Å². The summed E-state index contributed by atoms with van der Waals surface area (Å²) < 4.78 is 6.35. The molecule has 1 atom stereocenters. The monoisotopic (exact) mass is 197 g/mol. The highest BCUT2D eigenvalue weighted by molar-refractivity contribution is 5.75. The summed E-state index contributed by atoms with van der Waals surface area (Å²) in [6, 6.07) is 1.24. The van der Waals surface area contributed by atoms with Crippen molar-refractivity contribution in [1.29, 1.82) is 0 Å². The molecule has 5 heteroatoms. The van der Waals surface area contributed by atoms with Crippen LogP contribution < -0.4 is 5.73 Å². The summed E-state index contributed by atoms with van der Waals surface area (Å²) in [7, 11) is 1.33. The van der Waals surface area contributed by atoms with Gasteiger partial charge in [-0.05, 0) is 13.0 Å². The number of aryl methyl sites for hydroxylation is 1. The van der Waals surface area contributed by atoms with Gasteiger partial charge in [0.15, 0.2) is 0 Å². The maximum atomic E-state index is 11.1. The zero-order valence-corrected chi connectivity index (χ0v) is 8.43. The molecule has 0 aliphatic heterocycles. The number of esters is 1. The van der Waals surface area contributed by atoms with E-state index in [1.165, 1.54) is 7.11 Å². The zero-order valence-electron chi connectivity index (χ0n) is 8.43. The Morgan fingerprint density at radius 1 is 1.79 bits per heavy atom. The van der Waals surface area contributed by atoms with E-state index in [0.717, 1.165) is 12.2 Å². The highest BCUT2D eigenvalue weighted by atomic mass is 16.5. The molecule has 0 radical (unpaired) electrons. The number of hydrogen-bond donors (Lipinski definition) is 1. The summed E-state index contributed by atoms with van der Waals surface area (Å²) in [5.41, 5.74) is 6.58. The van der Waals surface area contributed by atoms with Gasteiger partial charge in [0.2, 0.25) is 0 Å². The lowest BCUT2D eigenvalue weighted by molar-refractivity contribution is -0.142. The molecule has 14 heavy (non-hydrogen) atoms. The Morgan fingerprint density at radius 3 is 3.07 bits per heavy atom. The summed E-state index contributed by atoms with van der Waals surface area (Å²) in [5.74, 6) is -0.395. The van der Waals surface area contributed by atoms with E-state index < -0.39 is 12.0 Å². The Bertz CT molecular complexity index is 309. The molecule has 0 saturated heterocycles. The van der Waals surface area contributed by atoms with Gasteiger partial charge >= 0.3 is 5.97 Å². The lowest BCUT2D eigenvalue weighted by Gasteiger charge is -2.09. The van der Waals surface area contributed by atoms with Crippen LogP contribution in [0, 0.1) is 0 Å². The number of nitrogens with two attached hydrogens (primary N) is 1. The molecule has 5 nitrogen and oxygen atoms in total. The fraction of sp³-hybridized carbons (Fsp3) is 0.556. The Morgan fingerprint density at radius 2 is 2.50 bits per heavy atom. The van der Waals surface area contributed by atoms with Gasteiger partial charge < -0.3 is 10.5 Å². The van der Waals surface area contributed by atoms with Crippen molar-refractivity contribution in [3.8, 4) is 0 Å². The summed E-state index contributed by atoms with van der Waals surface area (Å²) in [4.78, 5) is 11.1. The van der Waals surface area contributed by atoms with Crippen LogP contribution in [0.2, 0.25) is 0 Å². The van der Waals surface area contributed by atoms with E-state index in [9.17, 15) is 4.79 Å². The molecule has 0 spiro atoms. The van der Waals surface area contributed by atoms with E-state index in [1.54, 1.807) is 6.20 Å². The first-order valence-corrected chi connectivity index (χ1v) is 4.53. The van der Waals surface area contributed by atoms with Crippen LogP contribution in [0.15, 0.2) is 12.3 Å². The van der Waals surface area contributed by atoms with Crippen LogP contribution in [0.5, 0.6) is 0 Å². The van der Waals surface area contributed by atoms with E-state index in [4.69, 9.17) is 5.73 Å². The minimum atomic E-state index is -0.609. The van der Waals surface area contributed by atoms with Crippen LogP contribution in [-0.4, -0.2) is 28.9 Å². The third kappa shape index (κ3) is 2.32. The minimum absolute atomic E-state index is 0.395. The van der Waals surface area contributed by atoms with Gasteiger partial charge in [0.05, 0.1) is 7.11 Å². The Hall–Kier alpha value is -1.36. The number of ether oxygens (including phenoxy) is 1. The highest BCUT2D eigenvalue weighted by Crippen LogP contribution is 2.02. The quantitative estimate of drug-likeness (QED) is 0.687. The van der Waals surface area contributed by atoms with Gasteiger partial charge in [0, 0.05) is 24.9 Å². The predicted molar refractivity (Wildman–Crippen MR) is 51.6 cm³/mol. The Balaban J connectivity index is 2.64. The fourth-order valence-corrected chi connectivity index (χ4v) is 1.28. The van der Waals surface area contributed by atoms with Gasteiger partial charge in [-0.2, -0.15) is 5.10 Å². The molecule has 0 bridgehead atoms. The number of rotatable bonds is 4. The van der Waals surface area contributed by atoms with Gasteiger partial charge in [-0.3, -0.25) is 9.48 Å². The average molecular weight is 197 g/mol. The van der Waals surface area contributed by atoms with E-state index >= 15 is 0 Å². The predicted octanol–water partition coefficient (Wildman–Crippen LogP) is -0.0542. The molecular weight excluding hydrogens is 182 g/mol. The van der Waals surface area contributed by atoms with Gasteiger partial charge in [-0.25, -0.2) is 0 Å². The molecule has 1 unspecified atom stereocenters.